The Labute approximate surface area is 188 Å². The molecule has 0 aliphatic carbocycles. The van der Waals surface area contributed by atoms with E-state index in [1.54, 1.807) is 12.1 Å². The van der Waals surface area contributed by atoms with Gasteiger partial charge in [0.05, 0.1) is 5.75 Å². The van der Waals surface area contributed by atoms with Crippen LogP contribution in [0.25, 0.3) is 17.1 Å². The van der Waals surface area contributed by atoms with Gasteiger partial charge in [-0.25, -0.2) is 0 Å². The lowest BCUT2D eigenvalue weighted by Gasteiger charge is -2.10. The summed E-state index contributed by atoms with van der Waals surface area (Å²) in [6.07, 6.45) is 0. The number of amides is 1. The van der Waals surface area contributed by atoms with Crippen LogP contribution in [0.5, 0.6) is 0 Å². The molecule has 0 unspecified atom stereocenters. The second-order valence-corrected chi connectivity index (χ2v) is 8.30. The molecule has 4 rings (SSSR count). The number of anilines is 1. The fourth-order valence-corrected chi connectivity index (χ4v) is 3.64. The average Bonchev–Trinajstić information content (AvgIpc) is 3.41. The lowest BCUT2D eigenvalue weighted by Crippen LogP contribution is -2.14. The Kier molecular flexibility index (Phi) is 6.34. The van der Waals surface area contributed by atoms with Gasteiger partial charge < -0.3 is 4.42 Å². The van der Waals surface area contributed by atoms with E-state index in [1.807, 2.05) is 60.9 Å². The quantitative estimate of drug-likeness (QED) is 0.399. The topological polar surface area (TPSA) is 98.7 Å². The molecule has 0 atom stereocenters. The molecule has 0 radical (unpaired) electrons. The molecule has 0 aliphatic rings. The summed E-state index contributed by atoms with van der Waals surface area (Å²) in [5, 5.41) is 20.2. The van der Waals surface area contributed by atoms with Crippen molar-refractivity contribution in [1.82, 2.24) is 25.0 Å². The van der Waals surface area contributed by atoms with Gasteiger partial charge in [-0.1, -0.05) is 72.6 Å². The predicted molar refractivity (Wildman–Crippen MR) is 120 cm³/mol. The molecule has 0 saturated heterocycles. The fourth-order valence-electron chi connectivity index (χ4n) is 2.76. The average molecular weight is 455 g/mol. The van der Waals surface area contributed by atoms with Crippen molar-refractivity contribution in [2.75, 3.05) is 11.1 Å². The second-order valence-electron chi connectivity index (χ2n) is 6.92. The molecule has 0 aliphatic heterocycles. The first kappa shape index (κ1) is 21.1. The summed E-state index contributed by atoms with van der Waals surface area (Å²) in [5.74, 6) is 1.04. The van der Waals surface area contributed by atoms with Crippen LogP contribution in [0.3, 0.4) is 0 Å². The van der Waals surface area contributed by atoms with Gasteiger partial charge in [0, 0.05) is 22.2 Å². The van der Waals surface area contributed by atoms with E-state index in [0.29, 0.717) is 21.9 Å². The van der Waals surface area contributed by atoms with Gasteiger partial charge in [-0.2, -0.15) is 0 Å². The van der Waals surface area contributed by atoms with Crippen molar-refractivity contribution in [3.05, 3.63) is 65.5 Å². The maximum absolute atomic E-state index is 12.4. The summed E-state index contributed by atoms with van der Waals surface area (Å²) in [6.45, 7) is 3.87. The van der Waals surface area contributed by atoms with Crippen LogP contribution in [0.15, 0.2) is 64.2 Å². The number of aromatic nitrogens is 5. The fraction of sp³-hybridized carbons (Fsp3) is 0.190. The van der Waals surface area contributed by atoms with Crippen molar-refractivity contribution in [3.63, 3.8) is 0 Å². The third-order valence-corrected chi connectivity index (χ3v) is 5.44. The first-order valence-corrected chi connectivity index (χ1v) is 10.9. The van der Waals surface area contributed by atoms with Gasteiger partial charge in [-0.15, -0.1) is 15.3 Å². The van der Waals surface area contributed by atoms with E-state index in [1.165, 1.54) is 11.8 Å². The number of hydrogen-bond donors (Lipinski definition) is 1. The van der Waals surface area contributed by atoms with Gasteiger partial charge in [0.15, 0.2) is 11.0 Å². The number of halogens is 1. The van der Waals surface area contributed by atoms with E-state index in [0.717, 1.165) is 11.3 Å². The minimum atomic E-state index is -0.282. The molecule has 8 nitrogen and oxygen atoms in total. The van der Waals surface area contributed by atoms with Crippen LogP contribution in [0.1, 0.15) is 25.7 Å². The minimum absolute atomic E-state index is 0.0819. The van der Waals surface area contributed by atoms with Crippen molar-refractivity contribution in [2.24, 2.45) is 0 Å². The predicted octanol–water partition coefficient (Wildman–Crippen LogP) is 4.82. The van der Waals surface area contributed by atoms with Crippen LogP contribution in [0.4, 0.5) is 6.01 Å². The van der Waals surface area contributed by atoms with E-state index in [4.69, 9.17) is 16.0 Å². The van der Waals surface area contributed by atoms with Crippen LogP contribution >= 0.6 is 23.4 Å². The van der Waals surface area contributed by atoms with E-state index in [9.17, 15) is 4.79 Å². The summed E-state index contributed by atoms with van der Waals surface area (Å²) in [6, 6.07) is 17.2. The van der Waals surface area contributed by atoms with Crippen molar-refractivity contribution < 1.29 is 9.21 Å². The summed E-state index contributed by atoms with van der Waals surface area (Å²) in [7, 11) is 0. The molecule has 31 heavy (non-hydrogen) atoms. The number of carbonyl (C=O) groups is 1. The molecule has 0 saturated carbocycles. The molecular formula is C21H19ClN6O2S. The molecule has 158 valence electrons. The van der Waals surface area contributed by atoms with Gasteiger partial charge in [0.2, 0.25) is 11.8 Å². The van der Waals surface area contributed by atoms with Crippen LogP contribution < -0.4 is 5.32 Å². The second kappa shape index (κ2) is 9.32. The highest BCUT2D eigenvalue weighted by molar-refractivity contribution is 7.99. The number of carbonyl (C=O) groups excluding carboxylic acids is 1. The monoisotopic (exact) mass is 454 g/mol. The van der Waals surface area contributed by atoms with Crippen LogP contribution in [0, 0.1) is 0 Å². The summed E-state index contributed by atoms with van der Waals surface area (Å²) < 4.78 is 7.32. The van der Waals surface area contributed by atoms with Gasteiger partial charge in [0.1, 0.15) is 0 Å². The zero-order valence-electron chi connectivity index (χ0n) is 16.8. The zero-order chi connectivity index (χ0) is 21.8. The van der Waals surface area contributed by atoms with Gasteiger partial charge in [-0.3, -0.25) is 14.7 Å². The molecule has 2 aromatic heterocycles. The molecule has 0 fully saturated rings. The van der Waals surface area contributed by atoms with Crippen LogP contribution in [-0.4, -0.2) is 36.6 Å². The lowest BCUT2D eigenvalue weighted by atomic mass is 10.2. The largest absolute Gasteiger partial charge is 0.408 e. The molecule has 2 heterocycles. The molecule has 2 aromatic carbocycles. The number of benzene rings is 2. The molecule has 1 N–H and O–H groups in total. The Morgan fingerprint density at radius 1 is 1.06 bits per heavy atom. The molecule has 0 bridgehead atoms. The van der Waals surface area contributed by atoms with E-state index >= 15 is 0 Å². The molecular weight excluding hydrogens is 436 g/mol. The number of nitrogens with zero attached hydrogens (tertiary/aromatic N) is 5. The summed E-state index contributed by atoms with van der Waals surface area (Å²) in [5.41, 5.74) is 1.75. The van der Waals surface area contributed by atoms with Gasteiger partial charge in [-0.05, 0) is 24.3 Å². The molecule has 4 aromatic rings. The first-order valence-electron chi connectivity index (χ1n) is 9.54. The first-order chi connectivity index (χ1) is 15.0. The Hall–Kier alpha value is -3.17. The number of nitrogens with one attached hydrogen (secondary N) is 1. The van der Waals surface area contributed by atoms with Crippen LogP contribution in [-0.2, 0) is 4.79 Å². The number of rotatable bonds is 7. The Morgan fingerprint density at radius 2 is 1.81 bits per heavy atom. The van der Waals surface area contributed by atoms with Gasteiger partial charge >= 0.3 is 6.01 Å². The van der Waals surface area contributed by atoms with Crippen molar-refractivity contribution in [1.29, 1.82) is 0 Å². The maximum Gasteiger partial charge on any atom is 0.322 e. The third kappa shape index (κ3) is 4.95. The lowest BCUT2D eigenvalue weighted by molar-refractivity contribution is -0.113. The Balaban J connectivity index is 1.55. The van der Waals surface area contributed by atoms with E-state index < -0.39 is 0 Å². The van der Waals surface area contributed by atoms with E-state index in [-0.39, 0.29) is 23.6 Å². The zero-order valence-corrected chi connectivity index (χ0v) is 18.4. The summed E-state index contributed by atoms with van der Waals surface area (Å²) >= 11 is 7.31. The molecule has 0 spiro atoms. The Morgan fingerprint density at radius 3 is 2.48 bits per heavy atom. The maximum atomic E-state index is 12.4. The number of hydrogen-bond acceptors (Lipinski definition) is 7. The Bertz CT molecular complexity index is 1170. The third-order valence-electron chi connectivity index (χ3n) is 4.26. The molecule has 10 heteroatoms. The van der Waals surface area contributed by atoms with Gasteiger partial charge in [0.25, 0.3) is 0 Å². The minimum Gasteiger partial charge on any atom is -0.408 e. The van der Waals surface area contributed by atoms with Crippen molar-refractivity contribution in [3.8, 4) is 17.1 Å². The highest BCUT2D eigenvalue weighted by atomic mass is 35.5. The van der Waals surface area contributed by atoms with Crippen LogP contribution in [0.2, 0.25) is 5.02 Å². The van der Waals surface area contributed by atoms with Crippen molar-refractivity contribution in [2.45, 2.75) is 24.9 Å². The van der Waals surface area contributed by atoms with Crippen molar-refractivity contribution >= 4 is 35.3 Å². The SMILES string of the molecule is CC(C)c1nnc(NC(=O)CSc2nnc(-c3ccccc3)n2-c2ccc(Cl)cc2)o1. The highest BCUT2D eigenvalue weighted by Gasteiger charge is 2.18. The number of thioether (sulfide) groups is 1. The highest BCUT2D eigenvalue weighted by Crippen LogP contribution is 2.28. The standard InChI is InChI=1S/C21H19ClN6O2S/c1-13(2)19-25-26-20(30-19)23-17(29)12-31-21-27-24-18(14-6-4-3-5-7-14)28(21)16-10-8-15(22)9-11-16/h3-11,13H,12H2,1-2H3,(H,23,26,29). The summed E-state index contributed by atoms with van der Waals surface area (Å²) in [4.78, 5) is 12.4. The van der Waals surface area contributed by atoms with E-state index in [2.05, 4.69) is 25.7 Å². The normalized spacial score (nSPS) is 11.1. The molecule has 1 amide bonds. The smallest absolute Gasteiger partial charge is 0.322 e.